The highest BCUT2D eigenvalue weighted by Crippen LogP contribution is 2.17. The van der Waals surface area contributed by atoms with E-state index >= 15 is 0 Å². The molecule has 5 heteroatoms. The average molecular weight is 180 g/mol. The zero-order chi connectivity index (χ0) is 7.98. The summed E-state index contributed by atoms with van der Waals surface area (Å²) >= 11 is 1.03. The van der Waals surface area contributed by atoms with E-state index < -0.39 is 0 Å². The minimum Gasteiger partial charge on any atom is -0.454 e. The number of carbonyl (C=O) groups is 1. The van der Waals surface area contributed by atoms with Crippen LogP contribution in [0.25, 0.3) is 0 Å². The van der Waals surface area contributed by atoms with Crippen molar-refractivity contribution in [2.45, 2.75) is 13.8 Å². The quantitative estimate of drug-likeness (QED) is 0.287. The summed E-state index contributed by atoms with van der Waals surface area (Å²) in [5.41, 5.74) is 0. The van der Waals surface area contributed by atoms with Gasteiger partial charge in [-0.25, -0.2) is 0 Å². The summed E-state index contributed by atoms with van der Waals surface area (Å²) in [7, 11) is -0.0574. The van der Waals surface area contributed by atoms with Crippen LogP contribution in [0.5, 0.6) is 0 Å². The molecule has 0 N–H and O–H groups in total. The molecule has 0 aliphatic heterocycles. The summed E-state index contributed by atoms with van der Waals surface area (Å²) in [6, 6.07) is 0. The molecule has 0 aromatic heterocycles. The fourth-order valence-electron chi connectivity index (χ4n) is 0.273. The van der Waals surface area contributed by atoms with Crippen LogP contribution in [-0.4, -0.2) is 11.9 Å². The highest BCUT2D eigenvalue weighted by Gasteiger charge is 2.06. The van der Waals surface area contributed by atoms with Crippen LogP contribution in [-0.2, 0) is 14.1 Å². The van der Waals surface area contributed by atoms with E-state index in [0.717, 1.165) is 11.4 Å². The molecule has 0 saturated heterocycles. The lowest BCUT2D eigenvalue weighted by atomic mass is 10.2. The van der Waals surface area contributed by atoms with Gasteiger partial charge in [-0.2, -0.15) is 0 Å². The summed E-state index contributed by atoms with van der Waals surface area (Å²) in [5.74, 6) is -0.192. The Hall–Kier alpha value is -0.0800. The lowest BCUT2D eigenvalue weighted by Crippen LogP contribution is -2.10. The molecule has 0 aromatic carbocycles. The normalized spacial score (nSPS) is 10.3. The Kier molecular flexibility index (Phi) is 5.64. The van der Waals surface area contributed by atoms with E-state index in [4.69, 9.17) is 0 Å². The van der Waals surface area contributed by atoms with Crippen LogP contribution in [0.1, 0.15) is 13.8 Å². The monoisotopic (exact) mass is 180 g/mol. The molecule has 0 amide bonds. The number of carbonyl (C=O) groups excluding carboxylic acids is 1. The maximum absolute atomic E-state index is 10.7. The lowest BCUT2D eigenvalue weighted by molar-refractivity contribution is -0.144. The van der Waals surface area contributed by atoms with E-state index in [0.29, 0.717) is 0 Å². The van der Waals surface area contributed by atoms with Crippen molar-refractivity contribution in [3.05, 3.63) is 0 Å². The van der Waals surface area contributed by atoms with Crippen LogP contribution in [0.15, 0.2) is 0 Å². The van der Waals surface area contributed by atoms with E-state index in [9.17, 15) is 9.36 Å². The van der Waals surface area contributed by atoms with E-state index in [2.05, 4.69) is 4.74 Å². The molecule has 10 heavy (non-hydrogen) atoms. The molecule has 0 aliphatic carbocycles. The van der Waals surface area contributed by atoms with E-state index in [1.165, 1.54) is 0 Å². The van der Waals surface area contributed by atoms with Crippen LogP contribution in [0.2, 0.25) is 0 Å². The third-order valence-electron chi connectivity index (χ3n) is 0.778. The van der Waals surface area contributed by atoms with Crippen LogP contribution in [0, 0.1) is 5.92 Å². The summed E-state index contributed by atoms with van der Waals surface area (Å²) in [4.78, 5) is 10.7. The summed E-state index contributed by atoms with van der Waals surface area (Å²) in [6.45, 7) is 3.50. The molecule has 0 heterocycles. The van der Waals surface area contributed by atoms with Crippen LogP contribution in [0.3, 0.4) is 0 Å². The number of hydrogen-bond acceptors (Lipinski definition) is 4. The Morgan fingerprint density at radius 2 is 2.30 bits per heavy atom. The smallest absolute Gasteiger partial charge is 0.309 e. The van der Waals surface area contributed by atoms with Gasteiger partial charge in [0.1, 0.15) is 5.94 Å². The molecule has 0 rings (SSSR count). The largest absolute Gasteiger partial charge is 0.454 e. The van der Waals surface area contributed by atoms with Crippen molar-refractivity contribution in [1.29, 1.82) is 0 Å². The molecular formula is C5H9O3PS. The third kappa shape index (κ3) is 4.77. The fourth-order valence-corrected chi connectivity index (χ4v) is 0.772. The maximum atomic E-state index is 10.7. The van der Waals surface area contributed by atoms with Gasteiger partial charge in [0.15, 0.2) is 0 Å². The van der Waals surface area contributed by atoms with Crippen molar-refractivity contribution in [1.82, 2.24) is 0 Å². The zero-order valence-electron chi connectivity index (χ0n) is 5.86. The number of esters is 1. The van der Waals surface area contributed by atoms with Crippen molar-refractivity contribution in [3.63, 3.8) is 0 Å². The van der Waals surface area contributed by atoms with Crippen LogP contribution in [0.4, 0.5) is 0 Å². The van der Waals surface area contributed by atoms with E-state index in [-0.39, 0.29) is 25.5 Å². The van der Waals surface area contributed by atoms with Gasteiger partial charge in [0, 0.05) is 0 Å². The second kappa shape index (κ2) is 5.69. The van der Waals surface area contributed by atoms with Crippen LogP contribution < -0.4 is 0 Å². The van der Waals surface area contributed by atoms with Crippen molar-refractivity contribution in [2.24, 2.45) is 5.92 Å². The van der Waals surface area contributed by atoms with Gasteiger partial charge in [-0.1, -0.05) is 13.8 Å². The molecule has 0 atom stereocenters. The molecule has 0 fully saturated rings. The maximum Gasteiger partial charge on any atom is 0.309 e. The Morgan fingerprint density at radius 3 is 2.70 bits per heavy atom. The predicted molar refractivity (Wildman–Crippen MR) is 41.0 cm³/mol. The molecule has 0 aromatic rings. The zero-order valence-corrected chi connectivity index (χ0v) is 7.58. The van der Waals surface area contributed by atoms with Crippen molar-refractivity contribution >= 4 is 25.0 Å². The van der Waals surface area contributed by atoms with Gasteiger partial charge in [-0.3, -0.25) is 9.36 Å². The molecular weight excluding hydrogens is 171 g/mol. The summed E-state index contributed by atoms with van der Waals surface area (Å²) in [6.07, 6.45) is 0. The molecule has 0 unspecified atom stereocenters. The summed E-state index contributed by atoms with van der Waals surface area (Å²) < 4.78 is 14.5. The molecule has 58 valence electrons. The fraction of sp³-hybridized carbons (Fsp3) is 0.800. The molecule has 0 radical (unpaired) electrons. The van der Waals surface area contributed by atoms with E-state index in [1.54, 1.807) is 13.8 Å². The first-order valence-electron chi connectivity index (χ1n) is 2.79. The van der Waals surface area contributed by atoms with Crippen molar-refractivity contribution in [3.8, 4) is 0 Å². The topological polar surface area (TPSA) is 43.4 Å². The highest BCUT2D eigenvalue weighted by molar-refractivity contribution is 8.45. The van der Waals surface area contributed by atoms with Gasteiger partial charge < -0.3 is 4.74 Å². The first-order chi connectivity index (χ1) is 4.68. The molecule has 0 saturated carbocycles. The Morgan fingerprint density at radius 1 is 1.70 bits per heavy atom. The van der Waals surface area contributed by atoms with Gasteiger partial charge in [0.2, 0.25) is 7.66 Å². The Labute approximate surface area is 65.5 Å². The number of rotatable bonds is 4. The molecule has 0 aliphatic rings. The van der Waals surface area contributed by atoms with Crippen molar-refractivity contribution in [2.75, 3.05) is 5.94 Å². The number of hydrogen-bond donors (Lipinski definition) is 0. The minimum absolute atomic E-state index is 0.0574. The Bertz CT molecular complexity index is 126. The highest BCUT2D eigenvalue weighted by atomic mass is 32.7. The van der Waals surface area contributed by atoms with Gasteiger partial charge in [0.25, 0.3) is 0 Å². The lowest BCUT2D eigenvalue weighted by Gasteiger charge is -2.02. The van der Waals surface area contributed by atoms with Crippen molar-refractivity contribution < 1.29 is 14.1 Å². The third-order valence-corrected chi connectivity index (χ3v) is 1.74. The SMILES string of the molecule is CC(C)C(=O)OCSP=O. The van der Waals surface area contributed by atoms with Gasteiger partial charge >= 0.3 is 5.97 Å². The van der Waals surface area contributed by atoms with Gasteiger partial charge in [-0.05, 0) is 11.4 Å². The van der Waals surface area contributed by atoms with E-state index in [1.807, 2.05) is 0 Å². The van der Waals surface area contributed by atoms with Crippen LogP contribution >= 0.6 is 19.0 Å². The molecule has 3 nitrogen and oxygen atoms in total. The molecule has 0 bridgehead atoms. The first kappa shape index (κ1) is 9.92. The standard InChI is InChI=1S/C5H9O3PS/c1-4(2)5(6)8-3-10-9-7/h4H,3H2,1-2H3. The minimum atomic E-state index is -0.254. The second-order valence-corrected chi connectivity index (χ2v) is 3.80. The first-order valence-corrected chi connectivity index (χ1v) is 5.20. The predicted octanol–water partition coefficient (Wildman–Crippen LogP) is 2.08. The second-order valence-electron chi connectivity index (χ2n) is 1.94. The van der Waals surface area contributed by atoms with Gasteiger partial charge in [0.05, 0.1) is 5.92 Å². The molecule has 0 spiro atoms. The summed E-state index contributed by atoms with van der Waals surface area (Å²) in [5, 5.41) is 0. The van der Waals surface area contributed by atoms with Gasteiger partial charge in [-0.15, -0.1) is 0 Å². The number of ether oxygens (including phenoxy) is 1. The average Bonchev–Trinajstić information content (AvgIpc) is 1.88. The Balaban J connectivity index is 3.30.